The molecular formula is C13H24N2O4. The van der Waals surface area contributed by atoms with Crippen molar-refractivity contribution in [3.05, 3.63) is 0 Å². The molecule has 1 aliphatic rings. The van der Waals surface area contributed by atoms with Crippen LogP contribution in [0.4, 0.5) is 0 Å². The van der Waals surface area contributed by atoms with Gasteiger partial charge in [-0.25, -0.2) is 0 Å². The molecular weight excluding hydrogens is 248 g/mol. The van der Waals surface area contributed by atoms with E-state index in [9.17, 15) is 9.59 Å². The van der Waals surface area contributed by atoms with Crippen LogP contribution < -0.4 is 5.32 Å². The second-order valence-corrected chi connectivity index (χ2v) is 4.74. The van der Waals surface area contributed by atoms with Gasteiger partial charge in [0.25, 0.3) is 0 Å². The molecule has 0 bridgehead atoms. The number of hydrogen-bond donors (Lipinski definition) is 2. The second-order valence-electron chi connectivity index (χ2n) is 4.74. The van der Waals surface area contributed by atoms with Crippen molar-refractivity contribution in [2.45, 2.75) is 32.7 Å². The minimum Gasteiger partial charge on any atom is -0.481 e. The zero-order valence-corrected chi connectivity index (χ0v) is 11.7. The third-order valence-corrected chi connectivity index (χ3v) is 3.32. The van der Waals surface area contributed by atoms with Crippen molar-refractivity contribution >= 4 is 11.9 Å². The van der Waals surface area contributed by atoms with E-state index >= 15 is 0 Å². The fourth-order valence-electron chi connectivity index (χ4n) is 2.32. The van der Waals surface area contributed by atoms with Gasteiger partial charge in [-0.15, -0.1) is 0 Å². The summed E-state index contributed by atoms with van der Waals surface area (Å²) >= 11 is 0. The molecule has 1 fully saturated rings. The monoisotopic (exact) mass is 272 g/mol. The number of hydrogen-bond acceptors (Lipinski definition) is 4. The van der Waals surface area contributed by atoms with E-state index in [2.05, 4.69) is 5.32 Å². The first-order valence-electron chi connectivity index (χ1n) is 6.92. The Morgan fingerprint density at radius 3 is 2.68 bits per heavy atom. The number of carboxylic acid groups (broad SMARTS) is 1. The first-order chi connectivity index (χ1) is 9.11. The number of amides is 1. The van der Waals surface area contributed by atoms with E-state index in [0.717, 1.165) is 13.0 Å². The van der Waals surface area contributed by atoms with Crippen LogP contribution in [0.25, 0.3) is 0 Å². The summed E-state index contributed by atoms with van der Waals surface area (Å²) in [6.45, 7) is 6.52. The van der Waals surface area contributed by atoms with Crippen LogP contribution in [0.2, 0.25) is 0 Å². The Bertz CT molecular complexity index is 309. The third kappa shape index (κ3) is 4.47. The van der Waals surface area contributed by atoms with Gasteiger partial charge in [-0.2, -0.15) is 0 Å². The summed E-state index contributed by atoms with van der Waals surface area (Å²) in [5.74, 6) is -1.48. The lowest BCUT2D eigenvalue weighted by Crippen LogP contribution is -2.47. The SMILES string of the molecule is CCCN(C(=O)CCNCC)C1COCC1C(=O)O. The lowest BCUT2D eigenvalue weighted by Gasteiger charge is -2.30. The molecule has 0 saturated carbocycles. The average Bonchev–Trinajstić information content (AvgIpc) is 2.85. The van der Waals surface area contributed by atoms with Gasteiger partial charge in [0.1, 0.15) is 5.92 Å². The number of nitrogens with one attached hydrogen (secondary N) is 1. The van der Waals surface area contributed by atoms with Crippen LogP contribution in [0.15, 0.2) is 0 Å². The van der Waals surface area contributed by atoms with Crippen molar-refractivity contribution < 1.29 is 19.4 Å². The molecule has 0 aromatic heterocycles. The number of aliphatic carboxylic acids is 1. The standard InChI is InChI=1S/C13H24N2O4/c1-3-7-15(12(16)5-6-14-4-2)11-9-19-8-10(11)13(17)18/h10-11,14H,3-9H2,1-2H3,(H,17,18). The highest BCUT2D eigenvalue weighted by Crippen LogP contribution is 2.21. The van der Waals surface area contributed by atoms with Crippen molar-refractivity contribution in [1.29, 1.82) is 0 Å². The molecule has 19 heavy (non-hydrogen) atoms. The molecule has 1 amide bonds. The summed E-state index contributed by atoms with van der Waals surface area (Å²) in [6, 6.07) is -0.327. The number of carbonyl (C=O) groups excluding carboxylic acids is 1. The van der Waals surface area contributed by atoms with Crippen LogP contribution in [0.1, 0.15) is 26.7 Å². The van der Waals surface area contributed by atoms with Crippen LogP contribution in [0, 0.1) is 5.92 Å². The molecule has 1 aliphatic heterocycles. The van der Waals surface area contributed by atoms with Crippen molar-refractivity contribution in [2.24, 2.45) is 5.92 Å². The zero-order valence-electron chi connectivity index (χ0n) is 11.7. The molecule has 0 aromatic carbocycles. The molecule has 2 unspecified atom stereocenters. The van der Waals surface area contributed by atoms with Gasteiger partial charge in [0.05, 0.1) is 19.3 Å². The fourth-order valence-corrected chi connectivity index (χ4v) is 2.32. The number of carboxylic acids is 1. The summed E-state index contributed by atoms with van der Waals surface area (Å²) in [7, 11) is 0. The first-order valence-corrected chi connectivity index (χ1v) is 6.92. The highest BCUT2D eigenvalue weighted by Gasteiger charge is 2.39. The second kappa shape index (κ2) is 8.12. The maximum Gasteiger partial charge on any atom is 0.311 e. The molecule has 6 nitrogen and oxygen atoms in total. The van der Waals surface area contributed by atoms with Crippen molar-refractivity contribution in [1.82, 2.24) is 10.2 Å². The van der Waals surface area contributed by atoms with Gasteiger partial charge in [-0.1, -0.05) is 13.8 Å². The molecule has 0 aliphatic carbocycles. The van der Waals surface area contributed by atoms with Crippen molar-refractivity contribution in [3.8, 4) is 0 Å². The summed E-state index contributed by atoms with van der Waals surface area (Å²) in [6.07, 6.45) is 1.21. The summed E-state index contributed by atoms with van der Waals surface area (Å²) in [4.78, 5) is 25.1. The van der Waals surface area contributed by atoms with Crippen molar-refractivity contribution in [2.75, 3.05) is 32.8 Å². The molecule has 0 radical (unpaired) electrons. The Morgan fingerprint density at radius 1 is 1.37 bits per heavy atom. The number of ether oxygens (including phenoxy) is 1. The molecule has 1 rings (SSSR count). The van der Waals surface area contributed by atoms with E-state index < -0.39 is 11.9 Å². The molecule has 0 spiro atoms. The van der Waals surface area contributed by atoms with E-state index in [1.54, 1.807) is 4.90 Å². The van der Waals surface area contributed by atoms with Gasteiger partial charge in [0.2, 0.25) is 5.91 Å². The van der Waals surface area contributed by atoms with Crippen LogP contribution in [0.5, 0.6) is 0 Å². The van der Waals surface area contributed by atoms with Gasteiger partial charge in [-0.05, 0) is 13.0 Å². The van der Waals surface area contributed by atoms with Gasteiger partial charge in [0.15, 0.2) is 0 Å². The Labute approximate surface area is 114 Å². The highest BCUT2D eigenvalue weighted by atomic mass is 16.5. The largest absolute Gasteiger partial charge is 0.481 e. The zero-order chi connectivity index (χ0) is 14.3. The topological polar surface area (TPSA) is 78.9 Å². The molecule has 1 heterocycles. The number of rotatable bonds is 8. The summed E-state index contributed by atoms with van der Waals surface area (Å²) < 4.78 is 5.24. The average molecular weight is 272 g/mol. The predicted octanol–water partition coefficient (Wildman–Crippen LogP) is 0.324. The maximum absolute atomic E-state index is 12.2. The highest BCUT2D eigenvalue weighted by molar-refractivity contribution is 5.78. The van der Waals surface area contributed by atoms with Gasteiger partial charge in [-0.3, -0.25) is 9.59 Å². The predicted molar refractivity (Wildman–Crippen MR) is 70.9 cm³/mol. The molecule has 2 atom stereocenters. The van der Waals surface area contributed by atoms with Crippen LogP contribution in [0.3, 0.4) is 0 Å². The Kier molecular flexibility index (Phi) is 6.80. The Balaban J connectivity index is 2.64. The third-order valence-electron chi connectivity index (χ3n) is 3.32. The van der Waals surface area contributed by atoms with E-state index in [0.29, 0.717) is 26.1 Å². The molecule has 110 valence electrons. The Hall–Kier alpha value is -1.14. The van der Waals surface area contributed by atoms with E-state index in [-0.39, 0.29) is 18.6 Å². The first kappa shape index (κ1) is 15.9. The fraction of sp³-hybridized carbons (Fsp3) is 0.846. The van der Waals surface area contributed by atoms with Crippen LogP contribution >= 0.6 is 0 Å². The van der Waals surface area contributed by atoms with Gasteiger partial charge < -0.3 is 20.1 Å². The molecule has 6 heteroatoms. The quantitative estimate of drug-likeness (QED) is 0.622. The number of nitrogens with zero attached hydrogens (tertiary/aromatic N) is 1. The normalized spacial score (nSPS) is 22.4. The van der Waals surface area contributed by atoms with E-state index in [1.807, 2.05) is 13.8 Å². The lowest BCUT2D eigenvalue weighted by atomic mass is 10.0. The van der Waals surface area contributed by atoms with Crippen molar-refractivity contribution in [3.63, 3.8) is 0 Å². The lowest BCUT2D eigenvalue weighted by molar-refractivity contribution is -0.145. The van der Waals surface area contributed by atoms with Gasteiger partial charge in [0, 0.05) is 19.5 Å². The number of carbonyl (C=O) groups is 2. The molecule has 2 N–H and O–H groups in total. The van der Waals surface area contributed by atoms with Gasteiger partial charge >= 0.3 is 5.97 Å². The van der Waals surface area contributed by atoms with E-state index in [4.69, 9.17) is 9.84 Å². The smallest absolute Gasteiger partial charge is 0.311 e. The van der Waals surface area contributed by atoms with Crippen LogP contribution in [-0.2, 0) is 14.3 Å². The summed E-state index contributed by atoms with van der Waals surface area (Å²) in [5, 5.41) is 12.3. The minimum atomic E-state index is -0.886. The van der Waals surface area contributed by atoms with Crippen LogP contribution in [-0.4, -0.2) is 60.8 Å². The maximum atomic E-state index is 12.2. The summed E-state index contributed by atoms with van der Waals surface area (Å²) in [5.41, 5.74) is 0. The van der Waals surface area contributed by atoms with E-state index in [1.165, 1.54) is 0 Å². The Morgan fingerprint density at radius 2 is 2.11 bits per heavy atom. The minimum absolute atomic E-state index is 0.00421. The molecule has 1 saturated heterocycles. The molecule has 0 aromatic rings.